The number of amides is 2. The Morgan fingerprint density at radius 1 is 1.40 bits per heavy atom. The SMILES string of the molecule is CC1(C(=O)O)CCN(C(=O)NCc2ccc(Br)cc2)C1. The molecular weight excluding hydrogens is 324 g/mol. The number of halogens is 1. The molecule has 1 aliphatic heterocycles. The molecule has 1 atom stereocenters. The van der Waals surface area contributed by atoms with Crippen LogP contribution >= 0.6 is 15.9 Å². The summed E-state index contributed by atoms with van der Waals surface area (Å²) in [5.41, 5.74) is 0.177. The molecule has 1 saturated heterocycles. The molecule has 2 N–H and O–H groups in total. The van der Waals surface area contributed by atoms with Crippen LogP contribution in [0, 0.1) is 5.41 Å². The van der Waals surface area contributed by atoms with Crippen molar-refractivity contribution in [3.05, 3.63) is 34.3 Å². The van der Waals surface area contributed by atoms with Crippen LogP contribution in [0.2, 0.25) is 0 Å². The van der Waals surface area contributed by atoms with Crippen molar-refractivity contribution in [3.8, 4) is 0 Å². The van der Waals surface area contributed by atoms with Crippen molar-refractivity contribution >= 4 is 27.9 Å². The van der Waals surface area contributed by atoms with Gasteiger partial charge in [-0.2, -0.15) is 0 Å². The molecule has 0 bridgehead atoms. The molecule has 1 fully saturated rings. The Hall–Kier alpha value is -1.56. The van der Waals surface area contributed by atoms with Crippen molar-refractivity contribution in [2.75, 3.05) is 13.1 Å². The summed E-state index contributed by atoms with van der Waals surface area (Å²) in [7, 11) is 0. The van der Waals surface area contributed by atoms with Gasteiger partial charge in [0.05, 0.1) is 5.41 Å². The summed E-state index contributed by atoms with van der Waals surface area (Å²) >= 11 is 3.35. The van der Waals surface area contributed by atoms with E-state index >= 15 is 0 Å². The minimum Gasteiger partial charge on any atom is -0.481 e. The van der Waals surface area contributed by atoms with Crippen molar-refractivity contribution in [3.63, 3.8) is 0 Å². The van der Waals surface area contributed by atoms with E-state index in [9.17, 15) is 9.59 Å². The van der Waals surface area contributed by atoms with Gasteiger partial charge in [0.1, 0.15) is 0 Å². The van der Waals surface area contributed by atoms with E-state index in [-0.39, 0.29) is 12.6 Å². The van der Waals surface area contributed by atoms with Gasteiger partial charge in [-0.1, -0.05) is 28.1 Å². The van der Waals surface area contributed by atoms with Crippen LogP contribution in [0.5, 0.6) is 0 Å². The maximum Gasteiger partial charge on any atom is 0.317 e. The maximum absolute atomic E-state index is 12.0. The van der Waals surface area contributed by atoms with Gasteiger partial charge in [0, 0.05) is 24.1 Å². The molecule has 108 valence electrons. The third-order valence-electron chi connectivity index (χ3n) is 3.63. The predicted molar refractivity (Wildman–Crippen MR) is 78.3 cm³/mol. The van der Waals surface area contributed by atoms with E-state index < -0.39 is 11.4 Å². The summed E-state index contributed by atoms with van der Waals surface area (Å²) in [6.45, 7) is 2.85. The highest BCUT2D eigenvalue weighted by molar-refractivity contribution is 9.10. The number of nitrogens with one attached hydrogen (secondary N) is 1. The molecule has 1 unspecified atom stereocenters. The Morgan fingerprint density at radius 3 is 2.60 bits per heavy atom. The molecule has 1 aromatic rings. The van der Waals surface area contributed by atoms with E-state index in [0.29, 0.717) is 19.5 Å². The number of aliphatic carboxylic acids is 1. The molecule has 2 rings (SSSR count). The van der Waals surface area contributed by atoms with Gasteiger partial charge in [0.2, 0.25) is 0 Å². The molecule has 1 aliphatic rings. The van der Waals surface area contributed by atoms with Gasteiger partial charge in [-0.3, -0.25) is 4.79 Å². The number of carbonyl (C=O) groups excluding carboxylic acids is 1. The highest BCUT2D eigenvalue weighted by Gasteiger charge is 2.42. The highest BCUT2D eigenvalue weighted by atomic mass is 79.9. The first-order chi connectivity index (χ1) is 9.40. The molecule has 20 heavy (non-hydrogen) atoms. The van der Waals surface area contributed by atoms with Gasteiger partial charge in [0.15, 0.2) is 0 Å². The normalized spacial score (nSPS) is 21.8. The lowest BCUT2D eigenvalue weighted by Gasteiger charge is -2.20. The van der Waals surface area contributed by atoms with E-state index in [1.165, 1.54) is 0 Å². The average Bonchev–Trinajstić information content (AvgIpc) is 2.82. The van der Waals surface area contributed by atoms with Gasteiger partial charge in [-0.05, 0) is 31.0 Å². The predicted octanol–water partition coefficient (Wildman–Crippen LogP) is 2.46. The fourth-order valence-corrected chi connectivity index (χ4v) is 2.47. The number of carbonyl (C=O) groups is 2. The third-order valence-corrected chi connectivity index (χ3v) is 4.16. The molecule has 0 spiro atoms. The van der Waals surface area contributed by atoms with Crippen molar-refractivity contribution < 1.29 is 14.7 Å². The standard InChI is InChI=1S/C14H17BrN2O3/c1-14(12(18)19)6-7-17(9-14)13(20)16-8-10-2-4-11(15)5-3-10/h2-5H,6-9H2,1H3,(H,16,20)(H,18,19). The smallest absolute Gasteiger partial charge is 0.317 e. The van der Waals surface area contributed by atoms with E-state index in [1.54, 1.807) is 11.8 Å². The van der Waals surface area contributed by atoms with Crippen LogP contribution in [-0.4, -0.2) is 35.1 Å². The minimum atomic E-state index is -0.847. The van der Waals surface area contributed by atoms with Crippen LogP contribution in [0.4, 0.5) is 4.79 Å². The lowest BCUT2D eigenvalue weighted by Crippen LogP contribution is -2.40. The second kappa shape index (κ2) is 5.83. The Morgan fingerprint density at radius 2 is 2.05 bits per heavy atom. The van der Waals surface area contributed by atoms with Crippen molar-refractivity contribution in [2.45, 2.75) is 19.9 Å². The summed E-state index contributed by atoms with van der Waals surface area (Å²) in [6.07, 6.45) is 0.494. The second-order valence-electron chi connectivity index (χ2n) is 5.32. The van der Waals surface area contributed by atoms with Crippen LogP contribution < -0.4 is 5.32 Å². The van der Waals surface area contributed by atoms with Crippen molar-refractivity contribution in [2.24, 2.45) is 5.41 Å². The molecule has 1 aromatic carbocycles. The number of rotatable bonds is 3. The maximum atomic E-state index is 12.0. The monoisotopic (exact) mass is 340 g/mol. The number of benzene rings is 1. The van der Waals surface area contributed by atoms with Gasteiger partial charge in [-0.25, -0.2) is 4.79 Å². The van der Waals surface area contributed by atoms with Gasteiger partial charge in [-0.15, -0.1) is 0 Å². The zero-order valence-corrected chi connectivity index (χ0v) is 12.8. The van der Waals surface area contributed by atoms with E-state index in [2.05, 4.69) is 21.2 Å². The summed E-state index contributed by atoms with van der Waals surface area (Å²) in [5, 5.41) is 12.0. The minimum absolute atomic E-state index is 0.210. The first-order valence-electron chi connectivity index (χ1n) is 6.41. The van der Waals surface area contributed by atoms with Crippen LogP contribution in [0.25, 0.3) is 0 Å². The summed E-state index contributed by atoms with van der Waals surface area (Å²) in [5.74, 6) is -0.847. The van der Waals surface area contributed by atoms with E-state index in [1.807, 2.05) is 24.3 Å². The molecule has 5 nitrogen and oxygen atoms in total. The Kier molecular flexibility index (Phi) is 4.32. The Balaban J connectivity index is 1.87. The topological polar surface area (TPSA) is 69.6 Å². The van der Waals surface area contributed by atoms with Gasteiger partial charge < -0.3 is 15.3 Å². The van der Waals surface area contributed by atoms with Crippen LogP contribution in [0.15, 0.2) is 28.7 Å². The van der Waals surface area contributed by atoms with E-state index in [4.69, 9.17) is 5.11 Å². The van der Waals surface area contributed by atoms with Crippen LogP contribution in [0.3, 0.4) is 0 Å². The number of hydrogen-bond acceptors (Lipinski definition) is 2. The zero-order chi connectivity index (χ0) is 14.8. The molecule has 6 heteroatoms. The number of hydrogen-bond donors (Lipinski definition) is 2. The number of carboxylic acids is 1. The first-order valence-corrected chi connectivity index (χ1v) is 7.21. The zero-order valence-electron chi connectivity index (χ0n) is 11.2. The van der Waals surface area contributed by atoms with Gasteiger partial charge >= 0.3 is 12.0 Å². The molecule has 0 radical (unpaired) electrons. The van der Waals surface area contributed by atoms with Crippen molar-refractivity contribution in [1.82, 2.24) is 10.2 Å². The lowest BCUT2D eigenvalue weighted by molar-refractivity contribution is -0.146. The third kappa shape index (κ3) is 3.30. The molecule has 0 aliphatic carbocycles. The fourth-order valence-electron chi connectivity index (χ4n) is 2.20. The van der Waals surface area contributed by atoms with Crippen LogP contribution in [-0.2, 0) is 11.3 Å². The van der Waals surface area contributed by atoms with Crippen LogP contribution in [0.1, 0.15) is 18.9 Å². The number of urea groups is 1. The molecule has 1 heterocycles. The Labute approximate surface area is 126 Å². The fraction of sp³-hybridized carbons (Fsp3) is 0.429. The quantitative estimate of drug-likeness (QED) is 0.887. The molecular formula is C14H17BrN2O3. The molecule has 2 amide bonds. The summed E-state index contributed by atoms with van der Waals surface area (Å²) < 4.78 is 0.990. The summed E-state index contributed by atoms with van der Waals surface area (Å²) in [4.78, 5) is 24.7. The highest BCUT2D eigenvalue weighted by Crippen LogP contribution is 2.29. The van der Waals surface area contributed by atoms with E-state index in [0.717, 1.165) is 10.0 Å². The van der Waals surface area contributed by atoms with Gasteiger partial charge in [0.25, 0.3) is 0 Å². The molecule has 0 aromatic heterocycles. The summed E-state index contributed by atoms with van der Waals surface area (Å²) in [6, 6.07) is 7.47. The number of nitrogens with zero attached hydrogens (tertiary/aromatic N) is 1. The largest absolute Gasteiger partial charge is 0.481 e. The lowest BCUT2D eigenvalue weighted by atomic mass is 9.90. The first kappa shape index (κ1) is 14.8. The second-order valence-corrected chi connectivity index (χ2v) is 6.24. The van der Waals surface area contributed by atoms with Crippen molar-refractivity contribution in [1.29, 1.82) is 0 Å². The average molecular weight is 341 g/mol. The Bertz CT molecular complexity index is 518. The molecule has 0 saturated carbocycles. The number of likely N-dealkylation sites (tertiary alicyclic amines) is 1. The number of carboxylic acid groups (broad SMARTS) is 1.